The molecule has 2 aliphatic rings. The lowest BCUT2D eigenvalue weighted by molar-refractivity contribution is 0.305. The average molecular weight is 329 g/mol. The lowest BCUT2D eigenvalue weighted by Gasteiger charge is -2.18. The fraction of sp³-hybridized carbons (Fsp3) is 0.588. The Morgan fingerprint density at radius 3 is 2.70 bits per heavy atom. The van der Waals surface area contributed by atoms with Gasteiger partial charge in [0.15, 0.2) is 11.0 Å². The summed E-state index contributed by atoms with van der Waals surface area (Å²) in [4.78, 5) is 6.60. The molecule has 0 unspecified atom stereocenters. The van der Waals surface area contributed by atoms with Gasteiger partial charge in [-0.05, 0) is 57.8 Å². The summed E-state index contributed by atoms with van der Waals surface area (Å²) < 4.78 is 2.35. The van der Waals surface area contributed by atoms with Crippen molar-refractivity contribution >= 4 is 11.8 Å². The second-order valence-electron chi connectivity index (χ2n) is 6.56. The zero-order valence-electron chi connectivity index (χ0n) is 13.6. The highest BCUT2D eigenvalue weighted by Gasteiger charge is 2.30. The monoisotopic (exact) mass is 329 g/mol. The summed E-state index contributed by atoms with van der Waals surface area (Å²) in [6.45, 7) is 1.25. The topological polar surface area (TPSA) is 46.8 Å². The number of thioether (sulfide) groups is 1. The third-order valence-electron chi connectivity index (χ3n) is 4.87. The maximum Gasteiger partial charge on any atom is 0.191 e. The molecule has 2 aromatic rings. The minimum Gasteiger partial charge on any atom is -0.303 e. The van der Waals surface area contributed by atoms with Crippen LogP contribution in [0, 0.1) is 0 Å². The number of aromatic nitrogens is 4. The molecule has 0 aromatic carbocycles. The predicted molar refractivity (Wildman–Crippen MR) is 92.5 cm³/mol. The highest BCUT2D eigenvalue weighted by atomic mass is 32.2. The molecule has 6 heteroatoms. The van der Waals surface area contributed by atoms with Crippen LogP contribution in [0.3, 0.4) is 0 Å². The molecule has 2 aromatic heterocycles. The molecule has 1 aliphatic carbocycles. The lowest BCUT2D eigenvalue weighted by Crippen LogP contribution is -2.25. The lowest BCUT2D eigenvalue weighted by atomic mass is 10.2. The van der Waals surface area contributed by atoms with E-state index in [1.54, 1.807) is 0 Å². The van der Waals surface area contributed by atoms with Gasteiger partial charge in [-0.15, -0.1) is 10.2 Å². The Morgan fingerprint density at radius 1 is 1.17 bits per heavy atom. The molecule has 0 spiro atoms. The van der Waals surface area contributed by atoms with Crippen LogP contribution in [0.25, 0.3) is 11.4 Å². The normalized spacial score (nSPS) is 21.9. The zero-order chi connectivity index (χ0) is 15.6. The van der Waals surface area contributed by atoms with Crippen molar-refractivity contribution in [1.29, 1.82) is 0 Å². The molecule has 122 valence electrons. The first-order chi connectivity index (χ1) is 11.3. The molecule has 1 aliphatic heterocycles. The SMILES string of the molecule is CN1CCC[C@@H]1CCSc1nnc(-c2ccncc2)n1C1CC1. The van der Waals surface area contributed by atoms with E-state index >= 15 is 0 Å². The third kappa shape index (κ3) is 3.28. The Morgan fingerprint density at radius 2 is 2.00 bits per heavy atom. The number of hydrogen-bond acceptors (Lipinski definition) is 5. The van der Waals surface area contributed by atoms with Crippen molar-refractivity contribution in [3.63, 3.8) is 0 Å². The minimum atomic E-state index is 0.588. The van der Waals surface area contributed by atoms with Crippen LogP contribution in [-0.2, 0) is 0 Å². The number of pyridine rings is 1. The van der Waals surface area contributed by atoms with E-state index in [0.29, 0.717) is 6.04 Å². The molecule has 4 rings (SSSR count). The standard InChI is InChI=1S/C17H23N5S/c1-21-11-2-3-14(21)8-12-23-17-20-19-16(22(17)15-4-5-15)13-6-9-18-10-7-13/h6-7,9-10,14-15H,2-5,8,11-12H2,1H3/t14-/m1/s1. The maximum absolute atomic E-state index is 4.48. The van der Waals surface area contributed by atoms with Gasteiger partial charge in [0.25, 0.3) is 0 Å². The molecule has 3 heterocycles. The van der Waals surface area contributed by atoms with E-state index in [4.69, 9.17) is 0 Å². The van der Waals surface area contributed by atoms with E-state index in [2.05, 4.69) is 31.7 Å². The fourth-order valence-electron chi connectivity index (χ4n) is 3.37. The molecule has 2 fully saturated rings. The van der Waals surface area contributed by atoms with Gasteiger partial charge in [-0.25, -0.2) is 0 Å². The number of nitrogens with zero attached hydrogens (tertiary/aromatic N) is 5. The van der Waals surface area contributed by atoms with Gasteiger partial charge in [-0.3, -0.25) is 9.55 Å². The van der Waals surface area contributed by atoms with Crippen molar-refractivity contribution < 1.29 is 0 Å². The predicted octanol–water partition coefficient (Wildman–Crippen LogP) is 3.25. The average Bonchev–Trinajstić information content (AvgIpc) is 3.21. The second-order valence-corrected chi connectivity index (χ2v) is 7.62. The molecular formula is C17H23N5S. The van der Waals surface area contributed by atoms with Gasteiger partial charge in [-0.2, -0.15) is 0 Å². The summed E-state index contributed by atoms with van der Waals surface area (Å²) in [5.74, 6) is 2.12. The van der Waals surface area contributed by atoms with Gasteiger partial charge < -0.3 is 4.90 Å². The van der Waals surface area contributed by atoms with Gasteiger partial charge in [-0.1, -0.05) is 11.8 Å². The molecule has 0 bridgehead atoms. The zero-order valence-corrected chi connectivity index (χ0v) is 14.4. The van der Waals surface area contributed by atoms with E-state index in [1.165, 1.54) is 38.6 Å². The Hall–Kier alpha value is -1.40. The van der Waals surface area contributed by atoms with Crippen LogP contribution in [0.4, 0.5) is 0 Å². The van der Waals surface area contributed by atoms with E-state index in [-0.39, 0.29) is 0 Å². The Bertz CT molecular complexity index is 652. The van der Waals surface area contributed by atoms with Crippen LogP contribution in [0.15, 0.2) is 29.7 Å². The number of rotatable bonds is 6. The highest BCUT2D eigenvalue weighted by Crippen LogP contribution is 2.41. The minimum absolute atomic E-state index is 0.588. The van der Waals surface area contributed by atoms with E-state index in [1.807, 2.05) is 36.3 Å². The van der Waals surface area contributed by atoms with Crippen LogP contribution >= 0.6 is 11.8 Å². The van der Waals surface area contributed by atoms with Crippen molar-refractivity contribution in [3.8, 4) is 11.4 Å². The largest absolute Gasteiger partial charge is 0.303 e. The Labute approximate surface area is 141 Å². The first-order valence-electron chi connectivity index (χ1n) is 8.51. The molecule has 1 saturated heterocycles. The summed E-state index contributed by atoms with van der Waals surface area (Å²) in [6.07, 6.45) is 10.1. The number of hydrogen-bond donors (Lipinski definition) is 0. The maximum atomic E-state index is 4.48. The smallest absolute Gasteiger partial charge is 0.191 e. The van der Waals surface area contributed by atoms with E-state index in [9.17, 15) is 0 Å². The van der Waals surface area contributed by atoms with Gasteiger partial charge in [0.05, 0.1) is 0 Å². The van der Waals surface area contributed by atoms with E-state index in [0.717, 1.165) is 28.3 Å². The van der Waals surface area contributed by atoms with Gasteiger partial charge in [0.1, 0.15) is 0 Å². The molecular weight excluding hydrogens is 306 g/mol. The summed E-state index contributed by atoms with van der Waals surface area (Å²) in [6, 6.07) is 5.37. The number of likely N-dealkylation sites (tertiary alicyclic amines) is 1. The quantitative estimate of drug-likeness (QED) is 0.761. The van der Waals surface area contributed by atoms with Crippen molar-refractivity contribution in [1.82, 2.24) is 24.6 Å². The fourth-order valence-corrected chi connectivity index (χ4v) is 4.41. The molecule has 1 saturated carbocycles. The van der Waals surface area contributed by atoms with Crippen molar-refractivity contribution in [2.75, 3.05) is 19.3 Å². The summed E-state index contributed by atoms with van der Waals surface area (Å²) in [5, 5.41) is 10.0. The molecule has 0 N–H and O–H groups in total. The van der Waals surface area contributed by atoms with Crippen molar-refractivity contribution in [2.24, 2.45) is 0 Å². The molecule has 23 heavy (non-hydrogen) atoms. The molecule has 0 amide bonds. The molecule has 5 nitrogen and oxygen atoms in total. The van der Waals surface area contributed by atoms with Crippen molar-refractivity contribution in [3.05, 3.63) is 24.5 Å². The van der Waals surface area contributed by atoms with Gasteiger partial charge in [0.2, 0.25) is 0 Å². The summed E-state index contributed by atoms with van der Waals surface area (Å²) in [5.41, 5.74) is 1.11. The second kappa shape index (κ2) is 6.61. The Balaban J connectivity index is 1.47. The van der Waals surface area contributed by atoms with Gasteiger partial charge >= 0.3 is 0 Å². The van der Waals surface area contributed by atoms with Crippen LogP contribution in [-0.4, -0.2) is 50.0 Å². The first kappa shape index (κ1) is 15.1. The molecule has 1 atom stereocenters. The first-order valence-corrected chi connectivity index (χ1v) is 9.50. The van der Waals surface area contributed by atoms with Crippen LogP contribution in [0.1, 0.15) is 38.1 Å². The molecule has 0 radical (unpaired) electrons. The summed E-state index contributed by atoms with van der Waals surface area (Å²) >= 11 is 1.87. The van der Waals surface area contributed by atoms with Crippen molar-refractivity contribution in [2.45, 2.75) is 49.3 Å². The highest BCUT2D eigenvalue weighted by molar-refractivity contribution is 7.99. The van der Waals surface area contributed by atoms with E-state index < -0.39 is 0 Å². The summed E-state index contributed by atoms with van der Waals surface area (Å²) in [7, 11) is 2.25. The van der Waals surface area contributed by atoms with Crippen LogP contribution < -0.4 is 0 Å². The Kier molecular flexibility index (Phi) is 4.35. The third-order valence-corrected chi connectivity index (χ3v) is 5.85. The van der Waals surface area contributed by atoms with Gasteiger partial charge in [0, 0.05) is 35.8 Å². The van der Waals surface area contributed by atoms with Crippen LogP contribution in [0.2, 0.25) is 0 Å². The van der Waals surface area contributed by atoms with Crippen LogP contribution in [0.5, 0.6) is 0 Å².